The smallest absolute Gasteiger partial charge is 0.152 e. The Labute approximate surface area is 106 Å². The third-order valence-corrected chi connectivity index (χ3v) is 2.59. The Kier molecular flexibility index (Phi) is 3.68. The average Bonchev–Trinajstić information content (AvgIpc) is 2.37. The number of hydrogen-bond acceptors (Lipinski definition) is 1. The summed E-state index contributed by atoms with van der Waals surface area (Å²) in [6.45, 7) is 1.46. The lowest BCUT2D eigenvalue weighted by Gasteiger charge is -2.04. The van der Waals surface area contributed by atoms with Crippen molar-refractivity contribution in [2.24, 2.45) is 0 Å². The largest absolute Gasteiger partial charge is 0.295 e. The van der Waals surface area contributed by atoms with Crippen LogP contribution in [0.5, 0.6) is 0 Å². The molecule has 0 aromatic heterocycles. The summed E-state index contributed by atoms with van der Waals surface area (Å²) < 4.78 is 13.9. The molecule has 0 fully saturated rings. The van der Waals surface area contributed by atoms with E-state index in [0.717, 1.165) is 5.56 Å². The van der Waals surface area contributed by atoms with E-state index in [4.69, 9.17) is 0 Å². The number of halogens is 1. The fourth-order valence-corrected chi connectivity index (χ4v) is 1.70. The quantitative estimate of drug-likeness (QED) is 0.738. The molecule has 0 aliphatic rings. The fraction of sp³-hybridized carbons (Fsp3) is 0.0625. The highest BCUT2D eigenvalue weighted by atomic mass is 19.1. The van der Waals surface area contributed by atoms with Crippen molar-refractivity contribution in [2.75, 3.05) is 0 Å². The fourth-order valence-electron chi connectivity index (χ4n) is 1.70. The molecule has 2 heteroatoms. The van der Waals surface area contributed by atoms with E-state index in [-0.39, 0.29) is 11.6 Å². The van der Waals surface area contributed by atoms with E-state index in [0.29, 0.717) is 11.1 Å². The Morgan fingerprint density at radius 2 is 1.83 bits per heavy atom. The number of benzene rings is 2. The number of allylic oxidation sites excluding steroid dienone is 1. The third kappa shape index (κ3) is 2.92. The molecule has 2 aromatic carbocycles. The molecule has 0 heterocycles. The van der Waals surface area contributed by atoms with Gasteiger partial charge < -0.3 is 0 Å². The van der Waals surface area contributed by atoms with E-state index in [2.05, 4.69) is 0 Å². The monoisotopic (exact) mass is 240 g/mol. The van der Waals surface area contributed by atoms with E-state index in [1.807, 2.05) is 30.3 Å². The van der Waals surface area contributed by atoms with E-state index in [1.54, 1.807) is 18.2 Å². The predicted octanol–water partition coefficient (Wildman–Crippen LogP) is 4.09. The van der Waals surface area contributed by atoms with Crippen LogP contribution in [0, 0.1) is 5.82 Å². The summed E-state index contributed by atoms with van der Waals surface area (Å²) in [5.74, 6) is -0.338. The van der Waals surface area contributed by atoms with Gasteiger partial charge in [0.15, 0.2) is 5.78 Å². The maximum absolute atomic E-state index is 13.9. The zero-order chi connectivity index (χ0) is 13.0. The minimum atomic E-state index is -0.285. The molecule has 18 heavy (non-hydrogen) atoms. The Hall–Kier alpha value is -2.22. The van der Waals surface area contributed by atoms with Crippen molar-refractivity contribution in [3.05, 3.63) is 66.0 Å². The van der Waals surface area contributed by atoms with Gasteiger partial charge in [0, 0.05) is 5.56 Å². The van der Waals surface area contributed by atoms with Crippen LogP contribution in [-0.4, -0.2) is 5.78 Å². The van der Waals surface area contributed by atoms with Gasteiger partial charge in [-0.05, 0) is 30.2 Å². The number of carbonyl (C=O) groups is 1. The Balaban J connectivity index is 2.34. The van der Waals surface area contributed by atoms with Crippen LogP contribution in [0.25, 0.3) is 17.2 Å². The van der Waals surface area contributed by atoms with Gasteiger partial charge >= 0.3 is 0 Å². The Morgan fingerprint density at radius 3 is 2.44 bits per heavy atom. The molecule has 0 N–H and O–H groups in total. The zero-order valence-corrected chi connectivity index (χ0v) is 10.1. The lowest BCUT2D eigenvalue weighted by Crippen LogP contribution is -1.86. The highest BCUT2D eigenvalue weighted by molar-refractivity contribution is 5.91. The molecule has 0 aliphatic carbocycles. The van der Waals surface area contributed by atoms with Gasteiger partial charge in [0.05, 0.1) is 0 Å². The molecular weight excluding hydrogens is 227 g/mol. The summed E-state index contributed by atoms with van der Waals surface area (Å²) in [7, 11) is 0. The van der Waals surface area contributed by atoms with Gasteiger partial charge in [-0.1, -0.05) is 48.5 Å². The molecule has 0 bridgehead atoms. The molecule has 0 radical (unpaired) electrons. The van der Waals surface area contributed by atoms with Crippen LogP contribution in [0.15, 0.2) is 54.6 Å². The van der Waals surface area contributed by atoms with Gasteiger partial charge in [0.1, 0.15) is 5.82 Å². The summed E-state index contributed by atoms with van der Waals surface area (Å²) in [5.41, 5.74) is 2.09. The zero-order valence-electron chi connectivity index (χ0n) is 10.1. The Morgan fingerprint density at radius 1 is 1.11 bits per heavy atom. The molecule has 0 amide bonds. The molecule has 0 spiro atoms. The topological polar surface area (TPSA) is 17.1 Å². The number of hydrogen-bond donors (Lipinski definition) is 0. The second-order valence-electron chi connectivity index (χ2n) is 4.05. The highest BCUT2D eigenvalue weighted by Crippen LogP contribution is 2.23. The lowest BCUT2D eigenvalue weighted by atomic mass is 10.0. The number of rotatable bonds is 3. The SMILES string of the molecule is CC(=O)/C=C/c1ccc(-c2ccccc2)c(F)c1. The van der Waals surface area contributed by atoms with E-state index >= 15 is 0 Å². The molecule has 0 unspecified atom stereocenters. The first-order chi connectivity index (χ1) is 8.66. The van der Waals surface area contributed by atoms with E-state index < -0.39 is 0 Å². The molecular formula is C16H13FO. The third-order valence-electron chi connectivity index (χ3n) is 2.59. The maximum atomic E-state index is 13.9. The van der Waals surface area contributed by atoms with Crippen molar-refractivity contribution >= 4 is 11.9 Å². The summed E-state index contributed by atoms with van der Waals surface area (Å²) in [6.07, 6.45) is 3.04. The van der Waals surface area contributed by atoms with Crippen LogP contribution >= 0.6 is 0 Å². The standard InChI is InChI=1S/C16H13FO/c1-12(18)7-8-13-9-10-15(16(17)11-13)14-5-3-2-4-6-14/h2-11H,1H3/b8-7+. The van der Waals surface area contributed by atoms with Crippen LogP contribution < -0.4 is 0 Å². The predicted molar refractivity (Wildman–Crippen MR) is 71.6 cm³/mol. The lowest BCUT2D eigenvalue weighted by molar-refractivity contribution is -0.112. The highest BCUT2D eigenvalue weighted by Gasteiger charge is 2.04. The minimum absolute atomic E-state index is 0.0532. The van der Waals surface area contributed by atoms with Crippen molar-refractivity contribution in [3.8, 4) is 11.1 Å². The first-order valence-corrected chi connectivity index (χ1v) is 5.70. The van der Waals surface area contributed by atoms with Gasteiger partial charge in [-0.2, -0.15) is 0 Å². The number of ketones is 1. The first-order valence-electron chi connectivity index (χ1n) is 5.70. The molecule has 0 atom stereocenters. The van der Waals surface area contributed by atoms with Gasteiger partial charge in [0.25, 0.3) is 0 Å². The molecule has 2 rings (SSSR count). The summed E-state index contributed by atoms with van der Waals surface area (Å²) >= 11 is 0. The number of carbonyl (C=O) groups excluding carboxylic acids is 1. The van der Waals surface area contributed by atoms with E-state index in [1.165, 1.54) is 19.1 Å². The molecule has 0 saturated heterocycles. The molecule has 90 valence electrons. The van der Waals surface area contributed by atoms with Crippen LogP contribution in [-0.2, 0) is 4.79 Å². The van der Waals surface area contributed by atoms with Crippen LogP contribution in [0.2, 0.25) is 0 Å². The van der Waals surface area contributed by atoms with Gasteiger partial charge in [-0.25, -0.2) is 4.39 Å². The second-order valence-corrected chi connectivity index (χ2v) is 4.05. The first kappa shape index (κ1) is 12.2. The van der Waals surface area contributed by atoms with Crippen LogP contribution in [0.1, 0.15) is 12.5 Å². The average molecular weight is 240 g/mol. The summed E-state index contributed by atoms with van der Waals surface area (Å²) in [4.78, 5) is 10.8. The summed E-state index contributed by atoms with van der Waals surface area (Å²) in [6, 6.07) is 14.3. The molecule has 0 aliphatic heterocycles. The molecule has 0 saturated carbocycles. The summed E-state index contributed by atoms with van der Waals surface area (Å²) in [5, 5.41) is 0. The van der Waals surface area contributed by atoms with Gasteiger partial charge in [0.2, 0.25) is 0 Å². The van der Waals surface area contributed by atoms with Crippen LogP contribution in [0.3, 0.4) is 0 Å². The van der Waals surface area contributed by atoms with Crippen molar-refractivity contribution in [1.82, 2.24) is 0 Å². The van der Waals surface area contributed by atoms with Crippen molar-refractivity contribution in [2.45, 2.75) is 6.92 Å². The van der Waals surface area contributed by atoms with Crippen molar-refractivity contribution in [1.29, 1.82) is 0 Å². The molecule has 2 aromatic rings. The van der Waals surface area contributed by atoms with Crippen molar-refractivity contribution < 1.29 is 9.18 Å². The molecule has 1 nitrogen and oxygen atoms in total. The van der Waals surface area contributed by atoms with E-state index in [9.17, 15) is 9.18 Å². The van der Waals surface area contributed by atoms with Gasteiger partial charge in [-0.3, -0.25) is 4.79 Å². The minimum Gasteiger partial charge on any atom is -0.295 e. The normalized spacial score (nSPS) is 10.8. The second kappa shape index (κ2) is 5.41. The maximum Gasteiger partial charge on any atom is 0.152 e. The van der Waals surface area contributed by atoms with Crippen LogP contribution in [0.4, 0.5) is 4.39 Å². The Bertz CT molecular complexity index is 585. The van der Waals surface area contributed by atoms with Crippen molar-refractivity contribution in [3.63, 3.8) is 0 Å². The van der Waals surface area contributed by atoms with Gasteiger partial charge in [-0.15, -0.1) is 0 Å².